The Morgan fingerprint density at radius 3 is 2.42 bits per heavy atom. The minimum Gasteiger partial charge on any atom is -0.284 e. The molecule has 2 aromatic rings. The molecule has 0 spiro atoms. The molecule has 19 heavy (non-hydrogen) atoms. The minimum atomic E-state index is 0.105. The van der Waals surface area contributed by atoms with Crippen LogP contribution in [0, 0.1) is 0 Å². The SMILES string of the molecule is C=CC[C@H](N=Cc1ccccc1)c1ccccc1Br. The van der Waals surface area contributed by atoms with Crippen LogP contribution in [0.15, 0.2) is 76.7 Å². The zero-order valence-corrected chi connectivity index (χ0v) is 12.3. The van der Waals surface area contributed by atoms with Gasteiger partial charge in [-0.05, 0) is 23.6 Å². The van der Waals surface area contributed by atoms with Crippen LogP contribution < -0.4 is 0 Å². The molecule has 96 valence electrons. The maximum atomic E-state index is 4.69. The molecule has 1 atom stereocenters. The molecule has 2 heteroatoms. The van der Waals surface area contributed by atoms with Gasteiger partial charge in [-0.15, -0.1) is 6.58 Å². The van der Waals surface area contributed by atoms with Crippen LogP contribution in [0.4, 0.5) is 0 Å². The van der Waals surface area contributed by atoms with E-state index in [1.807, 2.05) is 48.7 Å². The molecule has 0 N–H and O–H groups in total. The molecule has 0 heterocycles. The van der Waals surface area contributed by atoms with Crippen molar-refractivity contribution in [2.75, 3.05) is 0 Å². The molecule has 2 rings (SSSR count). The van der Waals surface area contributed by atoms with Gasteiger partial charge in [-0.1, -0.05) is 70.5 Å². The Kier molecular flexibility index (Phi) is 5.10. The fourth-order valence-electron chi connectivity index (χ4n) is 1.89. The number of hydrogen-bond acceptors (Lipinski definition) is 1. The maximum absolute atomic E-state index is 4.69. The monoisotopic (exact) mass is 313 g/mol. The molecule has 0 fully saturated rings. The molecular weight excluding hydrogens is 298 g/mol. The van der Waals surface area contributed by atoms with Crippen LogP contribution >= 0.6 is 15.9 Å². The van der Waals surface area contributed by atoms with Gasteiger partial charge >= 0.3 is 0 Å². The highest BCUT2D eigenvalue weighted by atomic mass is 79.9. The van der Waals surface area contributed by atoms with Crippen molar-refractivity contribution < 1.29 is 0 Å². The average molecular weight is 314 g/mol. The molecule has 0 bridgehead atoms. The summed E-state index contributed by atoms with van der Waals surface area (Å²) >= 11 is 3.58. The zero-order chi connectivity index (χ0) is 13.5. The second-order valence-electron chi connectivity index (χ2n) is 4.25. The molecule has 0 unspecified atom stereocenters. The summed E-state index contributed by atoms with van der Waals surface area (Å²) in [4.78, 5) is 4.69. The summed E-state index contributed by atoms with van der Waals surface area (Å²) in [5.41, 5.74) is 2.30. The molecule has 0 radical (unpaired) electrons. The van der Waals surface area contributed by atoms with E-state index < -0.39 is 0 Å². The molecule has 1 nitrogen and oxygen atoms in total. The Bertz CT molecular complexity index is 560. The van der Waals surface area contributed by atoms with Gasteiger partial charge in [0.2, 0.25) is 0 Å². The first-order valence-corrected chi connectivity index (χ1v) is 7.04. The van der Waals surface area contributed by atoms with Gasteiger partial charge < -0.3 is 0 Å². The van der Waals surface area contributed by atoms with E-state index in [0.29, 0.717) is 0 Å². The van der Waals surface area contributed by atoms with Gasteiger partial charge in [0.05, 0.1) is 6.04 Å². The van der Waals surface area contributed by atoms with Crippen LogP contribution in [0.25, 0.3) is 0 Å². The molecule has 0 aliphatic rings. The highest BCUT2D eigenvalue weighted by Crippen LogP contribution is 2.28. The standard InChI is InChI=1S/C17H16BrN/c1-2-8-17(15-11-6-7-12-16(15)18)19-13-14-9-4-3-5-10-14/h2-7,9-13,17H,1,8H2/t17-/m0/s1. The lowest BCUT2D eigenvalue weighted by molar-refractivity contribution is 0.744. The first-order valence-electron chi connectivity index (χ1n) is 6.25. The average Bonchev–Trinajstić information content (AvgIpc) is 2.45. The first-order chi connectivity index (χ1) is 9.31. The van der Waals surface area contributed by atoms with Crippen molar-refractivity contribution in [1.82, 2.24) is 0 Å². The molecule has 2 aromatic carbocycles. The number of aliphatic imine (C=N–C) groups is 1. The summed E-state index contributed by atoms with van der Waals surface area (Å²) in [7, 11) is 0. The molecule has 0 saturated heterocycles. The Morgan fingerprint density at radius 1 is 1.05 bits per heavy atom. The fourth-order valence-corrected chi connectivity index (χ4v) is 2.44. The van der Waals surface area contributed by atoms with Crippen LogP contribution in [0.1, 0.15) is 23.6 Å². The third kappa shape index (κ3) is 3.90. The van der Waals surface area contributed by atoms with E-state index in [-0.39, 0.29) is 6.04 Å². The molecule has 0 aliphatic carbocycles. The summed E-state index contributed by atoms with van der Waals surface area (Å²) in [5, 5.41) is 0. The van der Waals surface area contributed by atoms with Crippen molar-refractivity contribution in [3.63, 3.8) is 0 Å². The van der Waals surface area contributed by atoms with E-state index in [1.165, 1.54) is 5.56 Å². The lowest BCUT2D eigenvalue weighted by atomic mass is 10.0. The fraction of sp³-hybridized carbons (Fsp3) is 0.118. The van der Waals surface area contributed by atoms with Crippen LogP contribution in [0.3, 0.4) is 0 Å². The van der Waals surface area contributed by atoms with Gasteiger partial charge in [-0.3, -0.25) is 4.99 Å². The van der Waals surface area contributed by atoms with Crippen molar-refractivity contribution in [1.29, 1.82) is 0 Å². The summed E-state index contributed by atoms with van der Waals surface area (Å²) in [6.45, 7) is 3.82. The van der Waals surface area contributed by atoms with Gasteiger partial charge in [0.1, 0.15) is 0 Å². The van der Waals surface area contributed by atoms with E-state index >= 15 is 0 Å². The van der Waals surface area contributed by atoms with Crippen LogP contribution in [0.2, 0.25) is 0 Å². The van der Waals surface area contributed by atoms with E-state index in [2.05, 4.69) is 45.7 Å². The van der Waals surface area contributed by atoms with Gasteiger partial charge in [0.15, 0.2) is 0 Å². The Hall–Kier alpha value is -1.67. The maximum Gasteiger partial charge on any atom is 0.0794 e. The molecule has 0 saturated carbocycles. The third-order valence-corrected chi connectivity index (χ3v) is 3.58. The van der Waals surface area contributed by atoms with Crippen LogP contribution in [-0.2, 0) is 0 Å². The second-order valence-corrected chi connectivity index (χ2v) is 5.10. The Balaban J connectivity index is 2.24. The largest absolute Gasteiger partial charge is 0.284 e. The summed E-state index contributed by atoms with van der Waals surface area (Å²) < 4.78 is 1.09. The van der Waals surface area contributed by atoms with Crippen LogP contribution in [-0.4, -0.2) is 6.21 Å². The normalized spacial score (nSPS) is 12.5. The molecule has 0 aromatic heterocycles. The first kappa shape index (κ1) is 13.8. The van der Waals surface area contributed by atoms with Crippen LogP contribution in [0.5, 0.6) is 0 Å². The second kappa shape index (κ2) is 7.05. The summed E-state index contributed by atoms with van der Waals surface area (Å²) in [6.07, 6.45) is 4.66. The number of hydrogen-bond donors (Lipinski definition) is 0. The minimum absolute atomic E-state index is 0.105. The summed E-state index contributed by atoms with van der Waals surface area (Å²) in [5.74, 6) is 0. The topological polar surface area (TPSA) is 12.4 Å². The van der Waals surface area contributed by atoms with Gasteiger partial charge in [-0.2, -0.15) is 0 Å². The van der Waals surface area contributed by atoms with E-state index in [0.717, 1.165) is 16.5 Å². The van der Waals surface area contributed by atoms with Crippen molar-refractivity contribution in [2.24, 2.45) is 4.99 Å². The lowest BCUT2D eigenvalue weighted by Gasteiger charge is -2.12. The Labute approximate surface area is 122 Å². The number of rotatable bonds is 5. The number of benzene rings is 2. The number of nitrogens with zero attached hydrogens (tertiary/aromatic N) is 1. The van der Waals surface area contributed by atoms with E-state index in [4.69, 9.17) is 0 Å². The predicted molar refractivity (Wildman–Crippen MR) is 85.7 cm³/mol. The third-order valence-electron chi connectivity index (χ3n) is 2.86. The van der Waals surface area contributed by atoms with Gasteiger partial charge in [-0.25, -0.2) is 0 Å². The van der Waals surface area contributed by atoms with E-state index in [1.54, 1.807) is 0 Å². The highest BCUT2D eigenvalue weighted by Gasteiger charge is 2.10. The van der Waals surface area contributed by atoms with Crippen molar-refractivity contribution in [2.45, 2.75) is 12.5 Å². The van der Waals surface area contributed by atoms with Crippen molar-refractivity contribution in [3.05, 3.63) is 82.9 Å². The quantitative estimate of drug-likeness (QED) is 0.532. The van der Waals surface area contributed by atoms with Gasteiger partial charge in [0.25, 0.3) is 0 Å². The van der Waals surface area contributed by atoms with E-state index in [9.17, 15) is 0 Å². The summed E-state index contributed by atoms with van der Waals surface area (Å²) in [6, 6.07) is 18.4. The zero-order valence-electron chi connectivity index (χ0n) is 10.7. The number of halogens is 1. The van der Waals surface area contributed by atoms with Crippen molar-refractivity contribution >= 4 is 22.1 Å². The Morgan fingerprint density at radius 2 is 1.74 bits per heavy atom. The van der Waals surface area contributed by atoms with Gasteiger partial charge in [0, 0.05) is 10.7 Å². The highest BCUT2D eigenvalue weighted by molar-refractivity contribution is 9.10. The molecule has 0 amide bonds. The van der Waals surface area contributed by atoms with Crippen molar-refractivity contribution in [3.8, 4) is 0 Å². The molecular formula is C17H16BrN. The lowest BCUT2D eigenvalue weighted by Crippen LogP contribution is -1.96. The molecule has 0 aliphatic heterocycles. The smallest absolute Gasteiger partial charge is 0.0794 e. The predicted octanol–water partition coefficient (Wildman–Crippen LogP) is 5.19.